The lowest BCUT2D eigenvalue weighted by molar-refractivity contribution is -0.122. The quantitative estimate of drug-likeness (QED) is 0.793. The number of aromatic nitrogens is 4. The number of nitrogens with one attached hydrogen (secondary N) is 1. The van der Waals surface area contributed by atoms with Crippen LogP contribution in [-0.4, -0.2) is 37.8 Å². The van der Waals surface area contributed by atoms with Crippen LogP contribution in [0.2, 0.25) is 0 Å². The first-order chi connectivity index (χ1) is 10.6. The molecule has 0 aliphatic heterocycles. The van der Waals surface area contributed by atoms with Crippen molar-refractivity contribution in [2.45, 2.75) is 39.3 Å². The van der Waals surface area contributed by atoms with E-state index >= 15 is 0 Å². The van der Waals surface area contributed by atoms with E-state index in [9.17, 15) is 9.90 Å². The van der Waals surface area contributed by atoms with Crippen molar-refractivity contribution in [3.63, 3.8) is 0 Å². The zero-order valence-corrected chi connectivity index (χ0v) is 12.9. The Labute approximate surface area is 129 Å². The van der Waals surface area contributed by atoms with Gasteiger partial charge >= 0.3 is 0 Å². The largest absolute Gasteiger partial charge is 0.396 e. The van der Waals surface area contributed by atoms with Crippen LogP contribution in [0.1, 0.15) is 35.8 Å². The van der Waals surface area contributed by atoms with E-state index in [2.05, 4.69) is 20.8 Å². The number of nitrogens with zero attached hydrogens (tertiary/aromatic N) is 4. The third kappa shape index (κ3) is 4.36. The molecule has 0 radical (unpaired) electrons. The molecular weight excluding hydrogens is 282 g/mol. The maximum Gasteiger partial charge on any atom is 0.222 e. The fraction of sp³-hybridized carbons (Fsp3) is 0.467. The molecule has 0 saturated carbocycles. The lowest BCUT2D eigenvalue weighted by atomic mass is 10.0. The number of amides is 1. The molecular formula is C15H21N5O2. The summed E-state index contributed by atoms with van der Waals surface area (Å²) in [5.41, 5.74) is 2.15. The summed E-state index contributed by atoms with van der Waals surface area (Å²) >= 11 is 0. The number of carbonyl (C=O) groups is 1. The van der Waals surface area contributed by atoms with Gasteiger partial charge in [0.2, 0.25) is 5.91 Å². The van der Waals surface area contributed by atoms with Gasteiger partial charge in [-0.3, -0.25) is 4.79 Å². The number of aliphatic hydroxyl groups is 1. The minimum absolute atomic E-state index is 0.0188. The van der Waals surface area contributed by atoms with Gasteiger partial charge in [-0.15, -0.1) is 5.10 Å². The molecule has 7 heteroatoms. The van der Waals surface area contributed by atoms with Crippen molar-refractivity contribution in [3.8, 4) is 0 Å². The molecule has 0 bridgehead atoms. The van der Waals surface area contributed by atoms with Crippen molar-refractivity contribution in [1.29, 1.82) is 0 Å². The number of hydrogen-bond acceptors (Lipinski definition) is 5. The molecule has 1 aromatic carbocycles. The number of aliphatic hydroxyl groups excluding tert-OH is 1. The summed E-state index contributed by atoms with van der Waals surface area (Å²) in [5.74, 6) is 0.590. The Bertz CT molecular complexity index is 609. The molecule has 1 amide bonds. The van der Waals surface area contributed by atoms with Crippen LogP contribution in [-0.2, 0) is 11.3 Å². The lowest BCUT2D eigenvalue weighted by Gasteiger charge is -2.18. The molecule has 0 spiro atoms. The second-order valence-corrected chi connectivity index (χ2v) is 5.24. The highest BCUT2D eigenvalue weighted by atomic mass is 16.3. The number of benzene rings is 1. The molecule has 1 heterocycles. The number of carbonyl (C=O) groups excluding carboxylic acids is 1. The first-order valence-electron chi connectivity index (χ1n) is 7.29. The minimum Gasteiger partial charge on any atom is -0.396 e. The van der Waals surface area contributed by atoms with Gasteiger partial charge in [0, 0.05) is 13.0 Å². The molecule has 1 aromatic heterocycles. The second-order valence-electron chi connectivity index (χ2n) is 5.24. The van der Waals surface area contributed by atoms with Crippen LogP contribution in [0.25, 0.3) is 0 Å². The molecule has 0 fully saturated rings. The normalized spacial score (nSPS) is 12.1. The summed E-state index contributed by atoms with van der Waals surface area (Å²) < 4.78 is 1.59. The van der Waals surface area contributed by atoms with Gasteiger partial charge in [-0.1, -0.05) is 29.8 Å². The predicted molar refractivity (Wildman–Crippen MR) is 80.9 cm³/mol. The Morgan fingerprint density at radius 1 is 1.32 bits per heavy atom. The Hall–Kier alpha value is -2.28. The van der Waals surface area contributed by atoms with E-state index in [4.69, 9.17) is 0 Å². The molecule has 7 nitrogen and oxygen atoms in total. The van der Waals surface area contributed by atoms with Gasteiger partial charge in [0.05, 0.1) is 12.6 Å². The summed E-state index contributed by atoms with van der Waals surface area (Å²) in [5, 5.41) is 23.3. The van der Waals surface area contributed by atoms with Gasteiger partial charge in [-0.05, 0) is 36.3 Å². The third-order valence-corrected chi connectivity index (χ3v) is 3.49. The standard InChI is InChI=1S/C15H21N5O2/c1-11-3-5-13(6-4-11)14(8-10-21)16-15(22)7-9-20-12(2)17-18-19-20/h3-6,14,21H,7-10H2,1-2H3,(H,16,22)/t14-/m1/s1. The lowest BCUT2D eigenvalue weighted by Crippen LogP contribution is -2.30. The van der Waals surface area contributed by atoms with E-state index < -0.39 is 0 Å². The highest BCUT2D eigenvalue weighted by Crippen LogP contribution is 2.17. The van der Waals surface area contributed by atoms with Crippen LogP contribution in [0.3, 0.4) is 0 Å². The van der Waals surface area contributed by atoms with Gasteiger partial charge in [-0.2, -0.15) is 0 Å². The zero-order valence-electron chi connectivity index (χ0n) is 12.9. The van der Waals surface area contributed by atoms with Crippen LogP contribution in [0.4, 0.5) is 0 Å². The molecule has 2 N–H and O–H groups in total. The van der Waals surface area contributed by atoms with Crippen molar-refractivity contribution in [2.24, 2.45) is 0 Å². The zero-order chi connectivity index (χ0) is 15.9. The van der Waals surface area contributed by atoms with E-state index in [1.807, 2.05) is 31.2 Å². The maximum absolute atomic E-state index is 12.1. The fourth-order valence-electron chi connectivity index (χ4n) is 2.18. The molecule has 2 rings (SSSR count). The van der Waals surface area contributed by atoms with Crippen molar-refractivity contribution in [3.05, 3.63) is 41.2 Å². The molecule has 118 valence electrons. The van der Waals surface area contributed by atoms with E-state index in [0.29, 0.717) is 25.2 Å². The van der Waals surface area contributed by atoms with Crippen LogP contribution >= 0.6 is 0 Å². The fourth-order valence-corrected chi connectivity index (χ4v) is 2.18. The summed E-state index contributed by atoms with van der Waals surface area (Å²) in [6.07, 6.45) is 0.776. The number of aryl methyl sites for hydroxylation is 3. The molecule has 0 aliphatic carbocycles. The van der Waals surface area contributed by atoms with E-state index in [0.717, 1.165) is 11.1 Å². The second kappa shape index (κ2) is 7.65. The van der Waals surface area contributed by atoms with Crippen LogP contribution in [0.15, 0.2) is 24.3 Å². The van der Waals surface area contributed by atoms with Gasteiger partial charge in [0.25, 0.3) is 0 Å². The van der Waals surface area contributed by atoms with Crippen molar-refractivity contribution in [2.75, 3.05) is 6.61 Å². The minimum atomic E-state index is -0.187. The molecule has 0 unspecified atom stereocenters. The van der Waals surface area contributed by atoms with Gasteiger partial charge < -0.3 is 10.4 Å². The summed E-state index contributed by atoms with van der Waals surface area (Å²) in [6, 6.07) is 7.75. The molecule has 0 aliphatic rings. The molecule has 0 saturated heterocycles. The number of tetrazole rings is 1. The first-order valence-corrected chi connectivity index (χ1v) is 7.29. The van der Waals surface area contributed by atoms with Crippen LogP contribution < -0.4 is 5.32 Å². The van der Waals surface area contributed by atoms with Crippen molar-refractivity contribution >= 4 is 5.91 Å². The maximum atomic E-state index is 12.1. The SMILES string of the molecule is Cc1ccc([C@@H](CCO)NC(=O)CCn2nnnc2C)cc1. The predicted octanol–water partition coefficient (Wildman–Crippen LogP) is 0.920. The van der Waals surface area contributed by atoms with E-state index in [1.165, 1.54) is 0 Å². The number of rotatable bonds is 7. The molecule has 1 atom stereocenters. The van der Waals surface area contributed by atoms with Gasteiger partial charge in [0.15, 0.2) is 0 Å². The van der Waals surface area contributed by atoms with Crippen LogP contribution in [0, 0.1) is 13.8 Å². The molecule has 22 heavy (non-hydrogen) atoms. The van der Waals surface area contributed by atoms with Crippen molar-refractivity contribution < 1.29 is 9.90 Å². The smallest absolute Gasteiger partial charge is 0.222 e. The summed E-state index contributed by atoms with van der Waals surface area (Å²) in [6.45, 7) is 4.26. The van der Waals surface area contributed by atoms with Gasteiger partial charge in [0.1, 0.15) is 5.82 Å². The van der Waals surface area contributed by atoms with Crippen molar-refractivity contribution in [1.82, 2.24) is 25.5 Å². The Kier molecular flexibility index (Phi) is 5.60. The van der Waals surface area contributed by atoms with Gasteiger partial charge in [-0.25, -0.2) is 4.68 Å². The Morgan fingerprint density at radius 2 is 2.05 bits per heavy atom. The topological polar surface area (TPSA) is 92.9 Å². The summed E-state index contributed by atoms with van der Waals surface area (Å²) in [4.78, 5) is 12.1. The van der Waals surface area contributed by atoms with E-state index in [1.54, 1.807) is 11.6 Å². The molecule has 2 aromatic rings. The Morgan fingerprint density at radius 3 is 2.64 bits per heavy atom. The average Bonchev–Trinajstić information content (AvgIpc) is 2.91. The highest BCUT2D eigenvalue weighted by Gasteiger charge is 2.14. The van der Waals surface area contributed by atoms with E-state index in [-0.39, 0.29) is 18.6 Å². The third-order valence-electron chi connectivity index (χ3n) is 3.49. The number of hydrogen-bond donors (Lipinski definition) is 2. The summed E-state index contributed by atoms with van der Waals surface area (Å²) in [7, 11) is 0. The Balaban J connectivity index is 1.94. The first kappa shape index (κ1) is 16.1. The highest BCUT2D eigenvalue weighted by molar-refractivity contribution is 5.76. The monoisotopic (exact) mass is 303 g/mol. The average molecular weight is 303 g/mol. The van der Waals surface area contributed by atoms with Crippen LogP contribution in [0.5, 0.6) is 0 Å².